The fourth-order valence-corrected chi connectivity index (χ4v) is 4.72. The largest absolute Gasteiger partial charge is 0.501 e. The maximum absolute atomic E-state index is 12.6. The van der Waals surface area contributed by atoms with E-state index in [9.17, 15) is 14.7 Å². The number of likely N-dealkylation sites (N-methyl/N-ethyl adjacent to an activating group) is 1. The molecule has 0 radical (unpaired) electrons. The van der Waals surface area contributed by atoms with Crippen molar-refractivity contribution in [2.24, 2.45) is 5.41 Å². The number of aromatic nitrogens is 2. The van der Waals surface area contributed by atoms with Gasteiger partial charge in [0.25, 0.3) is 5.91 Å². The van der Waals surface area contributed by atoms with Gasteiger partial charge in [-0.2, -0.15) is 4.98 Å². The van der Waals surface area contributed by atoms with Gasteiger partial charge < -0.3 is 14.6 Å². The van der Waals surface area contributed by atoms with Gasteiger partial charge in [0.05, 0.1) is 0 Å². The van der Waals surface area contributed by atoms with E-state index in [-0.39, 0.29) is 17.0 Å². The van der Waals surface area contributed by atoms with Crippen LogP contribution < -0.4 is 5.56 Å². The van der Waals surface area contributed by atoms with Crippen LogP contribution in [0.1, 0.15) is 75.6 Å². The molecule has 0 unspecified atom stereocenters. The Kier molecular flexibility index (Phi) is 6.30. The summed E-state index contributed by atoms with van der Waals surface area (Å²) in [7, 11) is 1.69. The summed E-state index contributed by atoms with van der Waals surface area (Å²) in [5.74, 6) is -0.232. The minimum Gasteiger partial charge on any atom is -0.501 e. The zero-order valence-electron chi connectivity index (χ0n) is 18.1. The highest BCUT2D eigenvalue weighted by Crippen LogP contribution is 2.46. The number of rotatable bonds is 5. The molecule has 1 amide bonds. The van der Waals surface area contributed by atoms with E-state index in [0.717, 1.165) is 32.1 Å². The Morgan fingerprint density at radius 3 is 2.52 bits per heavy atom. The summed E-state index contributed by atoms with van der Waals surface area (Å²) in [6.45, 7) is 7.47. The van der Waals surface area contributed by atoms with Gasteiger partial charge in [0.1, 0.15) is 5.82 Å². The average molecular weight is 400 g/mol. The van der Waals surface area contributed by atoms with E-state index in [1.807, 2.05) is 0 Å². The van der Waals surface area contributed by atoms with Crippen molar-refractivity contribution in [1.82, 2.24) is 14.5 Å². The van der Waals surface area contributed by atoms with Crippen molar-refractivity contribution in [2.75, 3.05) is 13.6 Å². The number of allylic oxidation sites excluding steroid dienone is 4. The topological polar surface area (TPSA) is 75.4 Å². The van der Waals surface area contributed by atoms with Gasteiger partial charge in [0.2, 0.25) is 5.75 Å². The van der Waals surface area contributed by atoms with E-state index in [1.165, 1.54) is 17.6 Å². The number of amides is 1. The van der Waals surface area contributed by atoms with Gasteiger partial charge in [-0.1, -0.05) is 43.9 Å². The second kappa shape index (κ2) is 8.56. The highest BCUT2D eigenvalue weighted by Gasteiger charge is 2.38. The lowest BCUT2D eigenvalue weighted by atomic mass is 9.66. The Labute approximate surface area is 173 Å². The molecule has 0 bridgehead atoms. The molecule has 0 saturated heterocycles. The molecule has 1 aromatic rings. The van der Waals surface area contributed by atoms with Crippen molar-refractivity contribution in [2.45, 2.75) is 72.3 Å². The SMILES string of the molecule is C/C=C(\C=C(/C)CC)C1(Cc2nc(=O)c(O)c3n2CCN(C)C3=O)CCCCC1. The third kappa shape index (κ3) is 4.02. The van der Waals surface area contributed by atoms with Crippen molar-refractivity contribution in [1.29, 1.82) is 0 Å². The quantitative estimate of drug-likeness (QED) is 0.764. The van der Waals surface area contributed by atoms with E-state index >= 15 is 0 Å². The minimum absolute atomic E-state index is 0.0852. The molecule has 1 saturated carbocycles. The summed E-state index contributed by atoms with van der Waals surface area (Å²) in [5, 5.41) is 10.3. The van der Waals surface area contributed by atoms with Gasteiger partial charge in [-0.15, -0.1) is 0 Å². The first-order chi connectivity index (χ1) is 13.8. The molecule has 3 rings (SSSR count). The van der Waals surface area contributed by atoms with E-state index < -0.39 is 11.3 Å². The number of hydrogen-bond acceptors (Lipinski definition) is 4. The summed E-state index contributed by atoms with van der Waals surface area (Å²) in [4.78, 5) is 30.8. The summed E-state index contributed by atoms with van der Waals surface area (Å²) in [6.07, 6.45) is 11.7. The lowest BCUT2D eigenvalue weighted by Crippen LogP contribution is -2.42. The fourth-order valence-electron chi connectivity index (χ4n) is 4.72. The molecule has 0 spiro atoms. The van der Waals surface area contributed by atoms with Crippen LogP contribution >= 0.6 is 0 Å². The lowest BCUT2D eigenvalue weighted by molar-refractivity contribution is 0.0736. The fraction of sp³-hybridized carbons (Fsp3) is 0.609. The molecule has 1 fully saturated rings. The minimum atomic E-state index is -0.705. The Morgan fingerprint density at radius 2 is 1.90 bits per heavy atom. The average Bonchev–Trinajstić information content (AvgIpc) is 2.72. The molecule has 0 atom stereocenters. The van der Waals surface area contributed by atoms with Crippen LogP contribution in [0.5, 0.6) is 5.75 Å². The molecule has 1 aliphatic heterocycles. The standard InChI is InChI=1S/C23H33N3O3/c1-5-16(3)14-17(6-2)23(10-8-7-9-11-23)15-18-24-21(28)20(27)19-22(29)25(4)12-13-26(18)19/h6,14,27H,5,7-13,15H2,1-4H3/b16-14+,17-6+. The third-order valence-electron chi connectivity index (χ3n) is 6.64. The zero-order valence-corrected chi connectivity index (χ0v) is 18.1. The van der Waals surface area contributed by atoms with E-state index in [2.05, 4.69) is 37.9 Å². The Morgan fingerprint density at radius 1 is 1.21 bits per heavy atom. The monoisotopic (exact) mass is 399 g/mol. The Balaban J connectivity index is 2.11. The van der Waals surface area contributed by atoms with E-state index in [0.29, 0.717) is 25.3 Å². The normalized spacial score (nSPS) is 20.0. The smallest absolute Gasteiger partial charge is 0.315 e. The van der Waals surface area contributed by atoms with Crippen LogP contribution in [0.4, 0.5) is 0 Å². The van der Waals surface area contributed by atoms with Crippen molar-refractivity contribution < 1.29 is 9.90 Å². The first-order valence-electron chi connectivity index (χ1n) is 10.7. The summed E-state index contributed by atoms with van der Waals surface area (Å²) < 4.78 is 1.78. The lowest BCUT2D eigenvalue weighted by Gasteiger charge is -2.40. The highest BCUT2D eigenvalue weighted by atomic mass is 16.3. The number of hydrogen-bond donors (Lipinski definition) is 1. The molecule has 0 aromatic carbocycles. The summed E-state index contributed by atoms with van der Waals surface area (Å²) in [5.41, 5.74) is 1.92. The van der Waals surface area contributed by atoms with Crippen LogP contribution in [-0.4, -0.2) is 39.1 Å². The van der Waals surface area contributed by atoms with Crippen LogP contribution in [0.3, 0.4) is 0 Å². The predicted molar refractivity (Wildman–Crippen MR) is 114 cm³/mol. The van der Waals surface area contributed by atoms with Gasteiger partial charge in [-0.05, 0) is 38.7 Å². The summed E-state index contributed by atoms with van der Waals surface area (Å²) in [6, 6.07) is 0. The van der Waals surface area contributed by atoms with Crippen molar-refractivity contribution in [3.8, 4) is 5.75 Å². The maximum Gasteiger partial charge on any atom is 0.315 e. The first kappa shape index (κ1) is 21.3. The molecular weight excluding hydrogens is 366 g/mol. The molecule has 1 N–H and O–H groups in total. The maximum atomic E-state index is 12.6. The molecular formula is C23H33N3O3. The van der Waals surface area contributed by atoms with Gasteiger partial charge in [0.15, 0.2) is 5.69 Å². The van der Waals surface area contributed by atoms with E-state index in [4.69, 9.17) is 0 Å². The summed E-state index contributed by atoms with van der Waals surface area (Å²) >= 11 is 0. The van der Waals surface area contributed by atoms with Gasteiger partial charge in [-0.3, -0.25) is 9.59 Å². The second-order valence-corrected chi connectivity index (χ2v) is 8.51. The van der Waals surface area contributed by atoms with Gasteiger partial charge in [0, 0.05) is 32.0 Å². The molecule has 6 nitrogen and oxygen atoms in total. The number of carbonyl (C=O) groups is 1. The second-order valence-electron chi connectivity index (χ2n) is 8.51. The molecule has 29 heavy (non-hydrogen) atoms. The molecule has 2 aliphatic rings. The highest BCUT2D eigenvalue weighted by molar-refractivity contribution is 5.95. The van der Waals surface area contributed by atoms with Crippen molar-refractivity contribution in [3.05, 3.63) is 45.2 Å². The van der Waals surface area contributed by atoms with Crippen LogP contribution in [0.15, 0.2) is 28.1 Å². The Bertz CT molecular complexity index is 905. The molecule has 158 valence electrons. The van der Waals surface area contributed by atoms with Crippen LogP contribution in [0, 0.1) is 5.41 Å². The molecule has 2 heterocycles. The molecule has 6 heteroatoms. The number of fused-ring (bicyclic) bond motifs is 1. The molecule has 1 aromatic heterocycles. The third-order valence-corrected chi connectivity index (χ3v) is 6.64. The number of aromatic hydroxyl groups is 1. The van der Waals surface area contributed by atoms with E-state index in [1.54, 1.807) is 16.5 Å². The zero-order chi connectivity index (χ0) is 21.2. The van der Waals surface area contributed by atoms with Gasteiger partial charge in [-0.25, -0.2) is 0 Å². The number of carbonyl (C=O) groups excluding carboxylic acids is 1. The van der Waals surface area contributed by atoms with Crippen LogP contribution in [-0.2, 0) is 13.0 Å². The number of nitrogens with zero attached hydrogens (tertiary/aromatic N) is 3. The van der Waals surface area contributed by atoms with Crippen LogP contribution in [0.2, 0.25) is 0 Å². The predicted octanol–water partition coefficient (Wildman–Crippen LogP) is 3.83. The van der Waals surface area contributed by atoms with Gasteiger partial charge >= 0.3 is 5.56 Å². The molecule has 1 aliphatic carbocycles. The first-order valence-corrected chi connectivity index (χ1v) is 10.7. The van der Waals surface area contributed by atoms with Crippen molar-refractivity contribution >= 4 is 5.91 Å². The van der Waals surface area contributed by atoms with Crippen molar-refractivity contribution in [3.63, 3.8) is 0 Å². The van der Waals surface area contributed by atoms with Crippen LogP contribution in [0.25, 0.3) is 0 Å². The Hall–Kier alpha value is -2.37.